The third-order valence-corrected chi connectivity index (χ3v) is 3.99. The van der Waals surface area contributed by atoms with Crippen LogP contribution in [0.15, 0.2) is 12.1 Å². The summed E-state index contributed by atoms with van der Waals surface area (Å²) in [5.74, 6) is 1.62. The Morgan fingerprint density at radius 1 is 1.24 bits per heavy atom. The van der Waals surface area contributed by atoms with E-state index in [-0.39, 0.29) is 11.5 Å². The minimum Gasteiger partial charge on any atom is -0.493 e. The van der Waals surface area contributed by atoms with Gasteiger partial charge in [-0.05, 0) is 43.9 Å². The van der Waals surface area contributed by atoms with Crippen molar-refractivity contribution in [2.75, 3.05) is 14.2 Å². The minimum atomic E-state index is 0.156. The van der Waals surface area contributed by atoms with Crippen molar-refractivity contribution >= 4 is 0 Å². The molecule has 1 fully saturated rings. The molecule has 0 heterocycles. The van der Waals surface area contributed by atoms with Gasteiger partial charge in [-0.25, -0.2) is 0 Å². The van der Waals surface area contributed by atoms with E-state index in [1.54, 1.807) is 14.2 Å². The van der Waals surface area contributed by atoms with Crippen LogP contribution in [0, 0.1) is 6.92 Å². The Hall–Kier alpha value is -1.22. The average Bonchev–Trinajstić information content (AvgIpc) is 3.09. The molecule has 0 bridgehead atoms. The van der Waals surface area contributed by atoms with E-state index in [1.165, 1.54) is 18.4 Å². The van der Waals surface area contributed by atoms with Crippen LogP contribution in [0.4, 0.5) is 0 Å². The van der Waals surface area contributed by atoms with Gasteiger partial charge in [0.05, 0.1) is 14.2 Å². The van der Waals surface area contributed by atoms with Crippen LogP contribution < -0.4 is 15.2 Å². The number of hydrogen-bond acceptors (Lipinski definition) is 3. The van der Waals surface area contributed by atoms with Crippen LogP contribution in [-0.4, -0.2) is 20.3 Å². The van der Waals surface area contributed by atoms with Gasteiger partial charge in [0.15, 0.2) is 11.5 Å². The van der Waals surface area contributed by atoms with Gasteiger partial charge < -0.3 is 15.2 Å². The molecule has 1 aromatic rings. The topological polar surface area (TPSA) is 44.5 Å². The van der Waals surface area contributed by atoms with Crippen molar-refractivity contribution in [2.45, 2.75) is 38.1 Å². The molecule has 94 valence electrons. The zero-order valence-electron chi connectivity index (χ0n) is 11.0. The average molecular weight is 235 g/mol. The quantitative estimate of drug-likeness (QED) is 0.871. The van der Waals surface area contributed by atoms with Crippen molar-refractivity contribution in [3.05, 3.63) is 23.3 Å². The fourth-order valence-corrected chi connectivity index (χ4v) is 2.73. The number of hydrogen-bond donors (Lipinski definition) is 1. The van der Waals surface area contributed by atoms with Crippen LogP contribution in [0.2, 0.25) is 0 Å². The van der Waals surface area contributed by atoms with E-state index < -0.39 is 0 Å². The largest absolute Gasteiger partial charge is 0.493 e. The van der Waals surface area contributed by atoms with Gasteiger partial charge in [-0.15, -0.1) is 0 Å². The van der Waals surface area contributed by atoms with Gasteiger partial charge >= 0.3 is 0 Å². The van der Waals surface area contributed by atoms with Gasteiger partial charge in [-0.1, -0.05) is 6.07 Å². The first-order valence-electron chi connectivity index (χ1n) is 6.04. The second-order valence-electron chi connectivity index (χ2n) is 4.92. The highest BCUT2D eigenvalue weighted by atomic mass is 16.5. The van der Waals surface area contributed by atoms with Gasteiger partial charge in [-0.3, -0.25) is 0 Å². The summed E-state index contributed by atoms with van der Waals surface area (Å²) in [6.07, 6.45) is 2.34. The van der Waals surface area contributed by atoms with Gasteiger partial charge in [0.1, 0.15) is 0 Å². The van der Waals surface area contributed by atoms with Crippen LogP contribution in [0.3, 0.4) is 0 Å². The molecule has 17 heavy (non-hydrogen) atoms. The Balaban J connectivity index is 2.50. The Morgan fingerprint density at radius 2 is 1.88 bits per heavy atom. The highest BCUT2D eigenvalue weighted by Crippen LogP contribution is 2.53. The minimum absolute atomic E-state index is 0.156. The van der Waals surface area contributed by atoms with Crippen LogP contribution in [0.1, 0.15) is 30.9 Å². The first kappa shape index (κ1) is 12.2. The number of methoxy groups -OCH3 is 2. The maximum atomic E-state index is 6.12. The third kappa shape index (κ3) is 1.78. The summed E-state index contributed by atoms with van der Waals surface area (Å²) in [5.41, 5.74) is 8.74. The lowest BCUT2D eigenvalue weighted by Gasteiger charge is -2.24. The molecule has 3 heteroatoms. The summed E-state index contributed by atoms with van der Waals surface area (Å²) in [7, 11) is 3.34. The number of ether oxygens (including phenoxy) is 2. The number of rotatable bonds is 4. The highest BCUT2D eigenvalue weighted by Gasteiger charge is 2.48. The van der Waals surface area contributed by atoms with E-state index in [1.807, 2.05) is 6.07 Å². The monoisotopic (exact) mass is 235 g/mol. The molecule has 0 radical (unpaired) electrons. The second kappa shape index (κ2) is 4.22. The van der Waals surface area contributed by atoms with Crippen LogP contribution in [0.25, 0.3) is 0 Å². The van der Waals surface area contributed by atoms with Crippen molar-refractivity contribution < 1.29 is 9.47 Å². The second-order valence-corrected chi connectivity index (χ2v) is 4.92. The zero-order valence-corrected chi connectivity index (χ0v) is 11.0. The SMILES string of the molecule is COc1ccc(C2(C(C)N)CC2)c(C)c1OC. The lowest BCUT2D eigenvalue weighted by atomic mass is 9.86. The molecule has 1 aliphatic rings. The smallest absolute Gasteiger partial charge is 0.163 e. The summed E-state index contributed by atoms with van der Waals surface area (Å²) in [4.78, 5) is 0. The highest BCUT2D eigenvalue weighted by molar-refractivity contribution is 5.54. The fraction of sp³-hybridized carbons (Fsp3) is 0.571. The van der Waals surface area contributed by atoms with E-state index in [0.29, 0.717) is 0 Å². The number of nitrogens with two attached hydrogens (primary N) is 1. The lowest BCUT2D eigenvalue weighted by Crippen LogP contribution is -2.32. The molecule has 3 nitrogen and oxygen atoms in total. The van der Waals surface area contributed by atoms with Crippen molar-refractivity contribution in [2.24, 2.45) is 5.73 Å². The van der Waals surface area contributed by atoms with Gasteiger partial charge in [0, 0.05) is 11.5 Å². The van der Waals surface area contributed by atoms with Crippen LogP contribution in [0.5, 0.6) is 11.5 Å². The Bertz CT molecular complexity index is 422. The Labute approximate surface area is 103 Å². The standard InChI is InChI=1S/C14H21NO2/c1-9-11(14(7-8-14)10(2)15)5-6-12(16-3)13(9)17-4/h5-6,10H,7-8,15H2,1-4H3. The fourth-order valence-electron chi connectivity index (χ4n) is 2.73. The molecule has 0 saturated heterocycles. The van der Waals surface area contributed by atoms with Crippen molar-refractivity contribution in [1.82, 2.24) is 0 Å². The van der Waals surface area contributed by atoms with E-state index in [2.05, 4.69) is 19.9 Å². The first-order chi connectivity index (χ1) is 8.06. The van der Waals surface area contributed by atoms with Crippen molar-refractivity contribution in [1.29, 1.82) is 0 Å². The maximum absolute atomic E-state index is 6.12. The van der Waals surface area contributed by atoms with E-state index in [9.17, 15) is 0 Å². The molecule has 0 spiro atoms. The van der Waals surface area contributed by atoms with Gasteiger partial charge in [0.25, 0.3) is 0 Å². The number of benzene rings is 1. The van der Waals surface area contributed by atoms with E-state index in [0.717, 1.165) is 17.1 Å². The Morgan fingerprint density at radius 3 is 2.29 bits per heavy atom. The van der Waals surface area contributed by atoms with E-state index >= 15 is 0 Å². The van der Waals surface area contributed by atoms with Crippen LogP contribution in [-0.2, 0) is 5.41 Å². The summed E-state index contributed by atoms with van der Waals surface area (Å²) in [5, 5.41) is 0. The third-order valence-electron chi connectivity index (χ3n) is 3.99. The zero-order chi connectivity index (χ0) is 12.6. The molecule has 0 aromatic heterocycles. The summed E-state index contributed by atoms with van der Waals surface area (Å²) < 4.78 is 10.8. The van der Waals surface area contributed by atoms with Crippen molar-refractivity contribution in [3.8, 4) is 11.5 Å². The predicted octanol–water partition coefficient (Wildman–Crippen LogP) is 2.39. The van der Waals surface area contributed by atoms with Gasteiger partial charge in [-0.2, -0.15) is 0 Å². The molecular weight excluding hydrogens is 214 g/mol. The molecule has 1 atom stereocenters. The lowest BCUT2D eigenvalue weighted by molar-refractivity contribution is 0.351. The molecule has 0 amide bonds. The molecular formula is C14H21NO2. The molecule has 1 aromatic carbocycles. The van der Waals surface area contributed by atoms with E-state index in [4.69, 9.17) is 15.2 Å². The van der Waals surface area contributed by atoms with Crippen LogP contribution >= 0.6 is 0 Å². The van der Waals surface area contributed by atoms with Gasteiger partial charge in [0.2, 0.25) is 0 Å². The maximum Gasteiger partial charge on any atom is 0.163 e. The van der Waals surface area contributed by atoms with Crippen molar-refractivity contribution in [3.63, 3.8) is 0 Å². The molecule has 0 aliphatic heterocycles. The first-order valence-corrected chi connectivity index (χ1v) is 6.04. The predicted molar refractivity (Wildman–Crippen MR) is 68.8 cm³/mol. The Kier molecular flexibility index (Phi) is 3.04. The molecule has 1 saturated carbocycles. The molecule has 2 N–H and O–H groups in total. The normalized spacial score (nSPS) is 18.6. The molecule has 2 rings (SSSR count). The summed E-state index contributed by atoms with van der Waals surface area (Å²) >= 11 is 0. The summed E-state index contributed by atoms with van der Waals surface area (Å²) in [6, 6.07) is 4.29. The molecule has 1 unspecified atom stereocenters. The molecule has 1 aliphatic carbocycles. The summed E-state index contributed by atoms with van der Waals surface area (Å²) in [6.45, 7) is 4.17.